The van der Waals surface area contributed by atoms with Gasteiger partial charge in [0.05, 0.1) is 19.9 Å². The average molecular weight is 412 g/mol. The van der Waals surface area contributed by atoms with Gasteiger partial charge in [0.2, 0.25) is 4.77 Å². The normalized spacial score (nSPS) is 11.0. The molecular formula is C21H18ClN3O2S. The second kappa shape index (κ2) is 7.30. The summed E-state index contributed by atoms with van der Waals surface area (Å²) in [6.07, 6.45) is 3.72. The molecule has 0 saturated carbocycles. The van der Waals surface area contributed by atoms with Gasteiger partial charge in [-0.25, -0.2) is 4.98 Å². The zero-order valence-electron chi connectivity index (χ0n) is 15.6. The molecule has 0 aliphatic heterocycles. The molecule has 4 rings (SSSR count). The Hall–Kier alpha value is -2.83. The maximum atomic E-state index is 6.33. The van der Waals surface area contributed by atoms with E-state index in [1.54, 1.807) is 20.4 Å². The third kappa shape index (κ3) is 3.04. The molecule has 28 heavy (non-hydrogen) atoms. The summed E-state index contributed by atoms with van der Waals surface area (Å²) >= 11 is 11.8. The SMILES string of the molecule is COc1ccc(-c2cn3c(=S)ncc(-c4cccc(Cl)c4C)c3[nH]2)cc1OC. The highest BCUT2D eigenvalue weighted by molar-refractivity contribution is 7.71. The summed E-state index contributed by atoms with van der Waals surface area (Å²) in [5.74, 6) is 1.34. The largest absolute Gasteiger partial charge is 0.493 e. The van der Waals surface area contributed by atoms with Crippen molar-refractivity contribution in [3.8, 4) is 33.9 Å². The first-order valence-electron chi connectivity index (χ1n) is 8.61. The van der Waals surface area contributed by atoms with Crippen LogP contribution in [0.5, 0.6) is 11.5 Å². The van der Waals surface area contributed by atoms with Crippen LogP contribution >= 0.6 is 23.8 Å². The second-order valence-electron chi connectivity index (χ2n) is 6.32. The number of rotatable bonds is 4. The van der Waals surface area contributed by atoms with Gasteiger partial charge in [-0.2, -0.15) is 0 Å². The van der Waals surface area contributed by atoms with Gasteiger partial charge in [-0.1, -0.05) is 23.7 Å². The lowest BCUT2D eigenvalue weighted by Gasteiger charge is -2.09. The van der Waals surface area contributed by atoms with Crippen LogP contribution in [0.15, 0.2) is 48.8 Å². The van der Waals surface area contributed by atoms with Crippen molar-refractivity contribution < 1.29 is 9.47 Å². The van der Waals surface area contributed by atoms with Crippen molar-refractivity contribution in [2.24, 2.45) is 0 Å². The summed E-state index contributed by atoms with van der Waals surface area (Å²) in [4.78, 5) is 7.86. The Morgan fingerprint density at radius 3 is 2.61 bits per heavy atom. The predicted molar refractivity (Wildman–Crippen MR) is 114 cm³/mol. The van der Waals surface area contributed by atoms with E-state index in [9.17, 15) is 0 Å². The number of H-pyrrole nitrogens is 1. The standard InChI is InChI=1S/C21H18ClN3O2S/c1-12-14(5-4-6-16(12)22)15-10-23-21(28)25-11-17(24-20(15)25)13-7-8-18(26-2)19(9-13)27-3/h4-11,24H,1-3H3. The zero-order valence-corrected chi connectivity index (χ0v) is 17.2. The lowest BCUT2D eigenvalue weighted by atomic mass is 10.0. The first-order chi connectivity index (χ1) is 13.5. The van der Waals surface area contributed by atoms with Crippen molar-refractivity contribution in [3.63, 3.8) is 0 Å². The third-order valence-corrected chi connectivity index (χ3v) is 5.48. The molecular weight excluding hydrogens is 394 g/mol. The molecule has 0 amide bonds. The molecule has 5 nitrogen and oxygen atoms in total. The monoisotopic (exact) mass is 411 g/mol. The number of aromatic amines is 1. The molecule has 0 atom stereocenters. The second-order valence-corrected chi connectivity index (χ2v) is 7.10. The van der Waals surface area contributed by atoms with Gasteiger partial charge in [0.25, 0.3) is 0 Å². The highest BCUT2D eigenvalue weighted by Crippen LogP contribution is 2.34. The van der Waals surface area contributed by atoms with E-state index in [4.69, 9.17) is 33.3 Å². The number of benzene rings is 2. The molecule has 4 aromatic rings. The molecule has 0 fully saturated rings. The molecule has 1 N–H and O–H groups in total. The van der Waals surface area contributed by atoms with Crippen LogP contribution in [0, 0.1) is 11.7 Å². The minimum Gasteiger partial charge on any atom is -0.493 e. The van der Waals surface area contributed by atoms with Gasteiger partial charge in [0, 0.05) is 28.5 Å². The Morgan fingerprint density at radius 2 is 1.86 bits per heavy atom. The van der Waals surface area contributed by atoms with Crippen molar-refractivity contribution in [2.75, 3.05) is 14.2 Å². The molecule has 0 spiro atoms. The number of methoxy groups -OCH3 is 2. The summed E-state index contributed by atoms with van der Waals surface area (Å²) in [7, 11) is 3.23. The van der Waals surface area contributed by atoms with E-state index in [2.05, 4.69) is 9.97 Å². The topological polar surface area (TPSA) is 51.5 Å². The Labute approximate surface area is 172 Å². The number of aromatic nitrogens is 3. The van der Waals surface area contributed by atoms with Crippen LogP contribution in [0.2, 0.25) is 5.02 Å². The van der Waals surface area contributed by atoms with Crippen molar-refractivity contribution >= 4 is 29.5 Å². The lowest BCUT2D eigenvalue weighted by Crippen LogP contribution is -1.94. The molecule has 142 valence electrons. The van der Waals surface area contributed by atoms with Crippen LogP contribution in [-0.2, 0) is 0 Å². The lowest BCUT2D eigenvalue weighted by molar-refractivity contribution is 0.355. The van der Waals surface area contributed by atoms with Crippen LogP contribution in [-0.4, -0.2) is 28.6 Å². The number of ether oxygens (including phenoxy) is 2. The minimum absolute atomic E-state index is 0.474. The van der Waals surface area contributed by atoms with Gasteiger partial charge >= 0.3 is 0 Å². The third-order valence-electron chi connectivity index (χ3n) is 4.77. The van der Waals surface area contributed by atoms with E-state index in [1.807, 2.05) is 53.9 Å². The minimum atomic E-state index is 0.474. The van der Waals surface area contributed by atoms with Crippen molar-refractivity contribution in [1.29, 1.82) is 0 Å². The number of nitrogens with zero attached hydrogens (tertiary/aromatic N) is 2. The Bertz CT molecular complexity index is 1250. The molecule has 0 saturated heterocycles. The first-order valence-corrected chi connectivity index (χ1v) is 9.40. The fraction of sp³-hybridized carbons (Fsp3) is 0.143. The van der Waals surface area contributed by atoms with Crippen LogP contribution in [0.3, 0.4) is 0 Å². The Kier molecular flexibility index (Phi) is 4.83. The maximum Gasteiger partial charge on any atom is 0.205 e. The highest BCUT2D eigenvalue weighted by Gasteiger charge is 2.14. The quantitative estimate of drug-likeness (QED) is 0.437. The predicted octanol–water partition coefficient (Wildman–Crippen LogP) is 5.70. The van der Waals surface area contributed by atoms with Gasteiger partial charge in [-0.05, 0) is 54.5 Å². The molecule has 0 aliphatic rings. The number of fused-ring (bicyclic) bond motifs is 1. The molecule has 0 unspecified atom stereocenters. The number of imidazole rings is 1. The van der Waals surface area contributed by atoms with Crippen LogP contribution in [0.25, 0.3) is 28.0 Å². The van der Waals surface area contributed by atoms with Crippen molar-refractivity contribution in [2.45, 2.75) is 6.92 Å². The number of hydrogen-bond donors (Lipinski definition) is 1. The van der Waals surface area contributed by atoms with Crippen LogP contribution in [0.1, 0.15) is 5.56 Å². The molecule has 0 radical (unpaired) electrons. The number of halogens is 1. The summed E-state index contributed by atoms with van der Waals surface area (Å²) in [5.41, 5.74) is 5.63. The van der Waals surface area contributed by atoms with Gasteiger partial charge in [-0.3, -0.25) is 4.40 Å². The Morgan fingerprint density at radius 1 is 1.07 bits per heavy atom. The van der Waals surface area contributed by atoms with E-state index >= 15 is 0 Å². The summed E-state index contributed by atoms with van der Waals surface area (Å²) in [6, 6.07) is 11.6. The van der Waals surface area contributed by atoms with Gasteiger partial charge in [0.1, 0.15) is 5.65 Å². The van der Waals surface area contributed by atoms with Crippen LogP contribution < -0.4 is 9.47 Å². The highest BCUT2D eigenvalue weighted by atomic mass is 35.5. The van der Waals surface area contributed by atoms with E-state index in [0.29, 0.717) is 21.3 Å². The average Bonchev–Trinajstić information content (AvgIpc) is 3.16. The van der Waals surface area contributed by atoms with Gasteiger partial charge in [-0.15, -0.1) is 0 Å². The van der Waals surface area contributed by atoms with E-state index in [1.165, 1.54) is 0 Å². The van der Waals surface area contributed by atoms with E-state index in [-0.39, 0.29) is 0 Å². The van der Waals surface area contributed by atoms with Crippen molar-refractivity contribution in [3.05, 3.63) is 64.1 Å². The smallest absolute Gasteiger partial charge is 0.205 e. The molecule has 2 heterocycles. The summed E-state index contributed by atoms with van der Waals surface area (Å²) in [5, 5.41) is 0.713. The molecule has 0 bridgehead atoms. The fourth-order valence-electron chi connectivity index (χ4n) is 3.25. The molecule has 0 aliphatic carbocycles. The first kappa shape index (κ1) is 18.5. The van der Waals surface area contributed by atoms with Gasteiger partial charge in [0.15, 0.2) is 11.5 Å². The van der Waals surface area contributed by atoms with E-state index in [0.717, 1.165) is 33.6 Å². The maximum absolute atomic E-state index is 6.33. The summed E-state index contributed by atoms with van der Waals surface area (Å²) < 4.78 is 13.1. The fourth-order valence-corrected chi connectivity index (χ4v) is 3.62. The van der Waals surface area contributed by atoms with Crippen LogP contribution in [0.4, 0.5) is 0 Å². The zero-order chi connectivity index (χ0) is 19.8. The van der Waals surface area contributed by atoms with E-state index < -0.39 is 0 Å². The number of hydrogen-bond acceptors (Lipinski definition) is 4. The molecule has 2 aromatic carbocycles. The van der Waals surface area contributed by atoms with Crippen molar-refractivity contribution in [1.82, 2.24) is 14.4 Å². The summed E-state index contributed by atoms with van der Waals surface area (Å²) in [6.45, 7) is 1.99. The molecule has 2 aromatic heterocycles. The number of nitrogens with one attached hydrogen (secondary N) is 1. The van der Waals surface area contributed by atoms with Gasteiger partial charge < -0.3 is 14.5 Å². The Balaban J connectivity index is 1.94. The molecule has 7 heteroatoms.